The molecule has 0 saturated carbocycles. The van der Waals surface area contributed by atoms with E-state index in [0.717, 1.165) is 15.6 Å². The van der Waals surface area contributed by atoms with Crippen LogP contribution in [0.4, 0.5) is 5.13 Å². The standard InChI is InChI=1S/C5H6N2O4S2/c1-7(13(10)11)5-6-3(2-12-5)4(8)9/h2H,1H3,(H,8,9)(H,10,11)/p-1. The first-order valence-corrected chi connectivity index (χ1v) is 4.95. The number of thiazole rings is 1. The van der Waals surface area contributed by atoms with Gasteiger partial charge in [0.2, 0.25) is 0 Å². The minimum Gasteiger partial charge on any atom is -0.755 e. The lowest BCUT2D eigenvalue weighted by atomic mass is 10.5. The fourth-order valence-electron chi connectivity index (χ4n) is 0.571. The van der Waals surface area contributed by atoms with Crippen LogP contribution in [0.1, 0.15) is 10.5 Å². The van der Waals surface area contributed by atoms with Crippen molar-refractivity contribution in [3.05, 3.63) is 11.1 Å². The Hall–Kier alpha value is -0.990. The molecule has 72 valence electrons. The van der Waals surface area contributed by atoms with Crippen molar-refractivity contribution >= 4 is 33.7 Å². The topological polar surface area (TPSA) is 93.6 Å². The highest BCUT2D eigenvalue weighted by atomic mass is 32.2. The summed E-state index contributed by atoms with van der Waals surface area (Å²) in [5, 5.41) is 9.90. The number of aromatic nitrogens is 1. The van der Waals surface area contributed by atoms with Gasteiger partial charge in [-0.1, -0.05) is 0 Å². The number of carboxylic acids is 1. The largest absolute Gasteiger partial charge is 0.755 e. The number of carboxylic acid groups (broad SMARTS) is 1. The fraction of sp³-hybridized carbons (Fsp3) is 0.200. The Morgan fingerprint density at radius 1 is 1.85 bits per heavy atom. The third kappa shape index (κ3) is 2.23. The molecule has 0 bridgehead atoms. The summed E-state index contributed by atoms with van der Waals surface area (Å²) < 4.78 is 21.7. The maximum absolute atomic E-state index is 10.4. The molecule has 1 heterocycles. The van der Waals surface area contributed by atoms with E-state index in [1.165, 1.54) is 12.4 Å². The highest BCUT2D eigenvalue weighted by Gasteiger charge is 2.11. The van der Waals surface area contributed by atoms with Crippen molar-refractivity contribution < 1.29 is 18.7 Å². The van der Waals surface area contributed by atoms with Crippen LogP contribution in [0.5, 0.6) is 0 Å². The van der Waals surface area contributed by atoms with Crippen molar-refractivity contribution in [3.8, 4) is 0 Å². The van der Waals surface area contributed by atoms with Gasteiger partial charge in [0.15, 0.2) is 10.8 Å². The van der Waals surface area contributed by atoms with Crippen LogP contribution in [0, 0.1) is 0 Å². The molecule has 0 aliphatic rings. The monoisotopic (exact) mass is 221 g/mol. The SMILES string of the molecule is CN(c1nc(C(=O)O)cs1)S(=O)[O-]. The van der Waals surface area contributed by atoms with Gasteiger partial charge in [-0.15, -0.1) is 11.3 Å². The summed E-state index contributed by atoms with van der Waals surface area (Å²) in [6.45, 7) is 0. The Kier molecular flexibility index (Phi) is 2.96. The predicted octanol–water partition coefficient (Wildman–Crippen LogP) is 0.0716. The lowest BCUT2D eigenvalue weighted by Crippen LogP contribution is -2.19. The third-order valence-electron chi connectivity index (χ3n) is 1.20. The van der Waals surface area contributed by atoms with Gasteiger partial charge < -0.3 is 9.66 Å². The van der Waals surface area contributed by atoms with Crippen molar-refractivity contribution in [2.45, 2.75) is 0 Å². The fourth-order valence-corrected chi connectivity index (χ4v) is 1.72. The highest BCUT2D eigenvalue weighted by Crippen LogP contribution is 2.19. The molecular formula is C5H5N2O4S2-. The van der Waals surface area contributed by atoms with Crippen LogP contribution in [0.3, 0.4) is 0 Å². The normalized spacial score (nSPS) is 12.5. The molecule has 1 rings (SSSR count). The van der Waals surface area contributed by atoms with Gasteiger partial charge in [-0.25, -0.2) is 9.78 Å². The zero-order valence-electron chi connectivity index (χ0n) is 6.46. The number of hydrogen-bond donors (Lipinski definition) is 1. The van der Waals surface area contributed by atoms with E-state index in [2.05, 4.69) is 4.98 Å². The van der Waals surface area contributed by atoms with Gasteiger partial charge in [-0.2, -0.15) is 0 Å². The molecule has 1 N–H and O–H groups in total. The Bertz CT molecular complexity index is 350. The van der Waals surface area contributed by atoms with E-state index in [4.69, 9.17) is 5.11 Å². The van der Waals surface area contributed by atoms with Crippen molar-refractivity contribution in [2.24, 2.45) is 0 Å². The number of aromatic carboxylic acids is 1. The van der Waals surface area contributed by atoms with Crippen molar-refractivity contribution in [1.82, 2.24) is 4.98 Å². The maximum Gasteiger partial charge on any atom is 0.355 e. The molecule has 0 radical (unpaired) electrons. The van der Waals surface area contributed by atoms with E-state index in [1.54, 1.807) is 0 Å². The molecule has 0 spiro atoms. The second kappa shape index (κ2) is 3.81. The molecule has 0 fully saturated rings. The van der Waals surface area contributed by atoms with Gasteiger partial charge in [0.05, 0.1) is 0 Å². The van der Waals surface area contributed by atoms with Crippen molar-refractivity contribution in [3.63, 3.8) is 0 Å². The summed E-state index contributed by atoms with van der Waals surface area (Å²) >= 11 is -1.47. The summed E-state index contributed by atoms with van der Waals surface area (Å²) in [4.78, 5) is 14.0. The van der Waals surface area contributed by atoms with E-state index in [1.807, 2.05) is 0 Å². The molecule has 0 aliphatic heterocycles. The summed E-state index contributed by atoms with van der Waals surface area (Å²) in [7, 11) is 1.29. The van der Waals surface area contributed by atoms with Crippen LogP contribution >= 0.6 is 11.3 Å². The molecule has 0 aromatic carbocycles. The second-order valence-electron chi connectivity index (χ2n) is 2.04. The lowest BCUT2D eigenvalue weighted by molar-refractivity contribution is 0.0691. The van der Waals surface area contributed by atoms with Crippen LogP contribution in [0.15, 0.2) is 5.38 Å². The molecule has 1 unspecified atom stereocenters. The minimum absolute atomic E-state index is 0.130. The van der Waals surface area contributed by atoms with Crippen LogP contribution in [0.2, 0.25) is 0 Å². The van der Waals surface area contributed by atoms with E-state index < -0.39 is 17.2 Å². The number of hydrogen-bond acceptors (Lipinski definition) is 5. The van der Waals surface area contributed by atoms with Gasteiger partial charge >= 0.3 is 5.97 Å². The molecule has 0 saturated heterocycles. The molecular weight excluding hydrogens is 216 g/mol. The lowest BCUT2D eigenvalue weighted by Gasteiger charge is -2.16. The number of nitrogens with zero attached hydrogens (tertiary/aromatic N) is 2. The maximum atomic E-state index is 10.4. The van der Waals surface area contributed by atoms with Gasteiger partial charge in [0, 0.05) is 23.7 Å². The van der Waals surface area contributed by atoms with Gasteiger partial charge in [0.1, 0.15) is 0 Å². The highest BCUT2D eigenvalue weighted by molar-refractivity contribution is 7.80. The molecule has 0 aliphatic carbocycles. The van der Waals surface area contributed by atoms with E-state index in [-0.39, 0.29) is 10.8 Å². The van der Waals surface area contributed by atoms with Crippen molar-refractivity contribution in [1.29, 1.82) is 0 Å². The Morgan fingerprint density at radius 2 is 2.46 bits per heavy atom. The summed E-state index contributed by atoms with van der Waals surface area (Å²) in [6, 6.07) is 0. The van der Waals surface area contributed by atoms with Crippen LogP contribution in [0.25, 0.3) is 0 Å². The molecule has 1 aromatic rings. The first kappa shape index (κ1) is 10.1. The molecule has 1 atom stereocenters. The van der Waals surface area contributed by atoms with Crippen LogP contribution in [-0.2, 0) is 11.3 Å². The molecule has 1 aromatic heterocycles. The Morgan fingerprint density at radius 3 is 2.85 bits per heavy atom. The average Bonchev–Trinajstić information content (AvgIpc) is 2.50. The number of carbonyl (C=O) groups is 1. The smallest absolute Gasteiger partial charge is 0.355 e. The zero-order chi connectivity index (χ0) is 10.0. The quantitative estimate of drug-likeness (QED) is 0.729. The van der Waals surface area contributed by atoms with E-state index in [9.17, 15) is 13.6 Å². The zero-order valence-corrected chi connectivity index (χ0v) is 8.09. The Balaban J connectivity index is 2.91. The summed E-state index contributed by atoms with van der Waals surface area (Å²) in [6.07, 6.45) is 0. The Labute approximate surface area is 80.2 Å². The molecule has 8 heteroatoms. The molecule has 6 nitrogen and oxygen atoms in total. The number of rotatable bonds is 3. The molecule has 0 amide bonds. The number of anilines is 1. The van der Waals surface area contributed by atoms with Crippen LogP contribution in [-0.4, -0.2) is 31.9 Å². The summed E-state index contributed by atoms with van der Waals surface area (Å²) in [5.41, 5.74) is -0.155. The van der Waals surface area contributed by atoms with Crippen LogP contribution < -0.4 is 4.31 Å². The van der Waals surface area contributed by atoms with Gasteiger partial charge in [0.25, 0.3) is 0 Å². The predicted molar refractivity (Wildman–Crippen MR) is 46.4 cm³/mol. The van der Waals surface area contributed by atoms with Gasteiger partial charge in [-0.05, 0) is 0 Å². The third-order valence-corrected chi connectivity index (χ3v) is 2.86. The second-order valence-corrected chi connectivity index (χ2v) is 3.85. The molecule has 13 heavy (non-hydrogen) atoms. The van der Waals surface area contributed by atoms with Crippen molar-refractivity contribution in [2.75, 3.05) is 11.4 Å². The van der Waals surface area contributed by atoms with E-state index in [0.29, 0.717) is 0 Å². The minimum atomic E-state index is -2.42. The van der Waals surface area contributed by atoms with E-state index >= 15 is 0 Å². The van der Waals surface area contributed by atoms with Gasteiger partial charge in [-0.3, -0.25) is 8.51 Å². The first-order valence-electron chi connectivity index (χ1n) is 3.04. The summed E-state index contributed by atoms with van der Waals surface area (Å²) in [5.74, 6) is -1.17. The average molecular weight is 221 g/mol. The first-order chi connectivity index (χ1) is 6.02.